The first-order valence-corrected chi connectivity index (χ1v) is 10.7. The zero-order valence-electron chi connectivity index (χ0n) is 18.7. The van der Waals surface area contributed by atoms with Gasteiger partial charge in [-0.15, -0.1) is 0 Å². The summed E-state index contributed by atoms with van der Waals surface area (Å²) in [5.41, 5.74) is 10.5. The van der Waals surface area contributed by atoms with Crippen molar-refractivity contribution in [2.24, 2.45) is 11.7 Å². The summed E-state index contributed by atoms with van der Waals surface area (Å²) in [6.45, 7) is 0. The van der Waals surface area contributed by atoms with Gasteiger partial charge in [0.2, 0.25) is 5.91 Å². The van der Waals surface area contributed by atoms with Gasteiger partial charge in [-0.3, -0.25) is 10.2 Å². The fourth-order valence-electron chi connectivity index (χ4n) is 3.59. The Hall–Kier alpha value is -4.65. The third-order valence-electron chi connectivity index (χ3n) is 5.51. The van der Waals surface area contributed by atoms with Gasteiger partial charge in [-0.05, 0) is 53.3 Å². The summed E-state index contributed by atoms with van der Waals surface area (Å²) in [5.74, 6) is -2.64. The predicted octanol–water partition coefficient (Wildman–Crippen LogP) is 4.88. The van der Waals surface area contributed by atoms with Gasteiger partial charge in [0.15, 0.2) is 0 Å². The minimum Gasteiger partial charge on any atom is -0.475 e. The number of rotatable bonds is 5. The van der Waals surface area contributed by atoms with Gasteiger partial charge in [-0.1, -0.05) is 48.5 Å². The second-order valence-corrected chi connectivity index (χ2v) is 8.01. The van der Waals surface area contributed by atoms with Crippen molar-refractivity contribution in [1.29, 1.82) is 10.7 Å². The van der Waals surface area contributed by atoms with Crippen LogP contribution in [-0.4, -0.2) is 29.0 Å². The van der Waals surface area contributed by atoms with Crippen molar-refractivity contribution in [3.8, 4) is 17.2 Å². The first-order chi connectivity index (χ1) is 17.0. The van der Waals surface area contributed by atoms with Crippen LogP contribution in [0.1, 0.15) is 29.0 Å². The van der Waals surface area contributed by atoms with Crippen molar-refractivity contribution in [3.05, 3.63) is 89.5 Å². The molecular weight excluding hydrogens is 473 g/mol. The van der Waals surface area contributed by atoms with Gasteiger partial charge in [0, 0.05) is 17.2 Å². The van der Waals surface area contributed by atoms with Crippen LogP contribution in [0.4, 0.5) is 18.9 Å². The second-order valence-electron chi connectivity index (χ2n) is 8.01. The molecule has 36 heavy (non-hydrogen) atoms. The van der Waals surface area contributed by atoms with E-state index in [9.17, 15) is 23.2 Å². The van der Waals surface area contributed by atoms with Crippen molar-refractivity contribution in [2.45, 2.75) is 18.5 Å². The maximum atomic E-state index is 12.6. The molecule has 0 saturated heterocycles. The van der Waals surface area contributed by atoms with Crippen molar-refractivity contribution >= 4 is 23.4 Å². The number of nitrogens with zero attached hydrogens (tertiary/aromatic N) is 1. The first-order valence-electron chi connectivity index (χ1n) is 10.7. The summed E-state index contributed by atoms with van der Waals surface area (Å²) in [5, 5.41) is 26.9. The highest BCUT2D eigenvalue weighted by Crippen LogP contribution is 2.48. The van der Waals surface area contributed by atoms with Crippen LogP contribution in [0, 0.1) is 22.7 Å². The van der Waals surface area contributed by atoms with Crippen molar-refractivity contribution < 1.29 is 27.9 Å². The summed E-state index contributed by atoms with van der Waals surface area (Å²) in [4.78, 5) is 21.5. The number of alkyl halides is 3. The average Bonchev–Trinajstić information content (AvgIpc) is 3.66. The molecule has 1 aliphatic rings. The van der Waals surface area contributed by atoms with Crippen molar-refractivity contribution in [3.63, 3.8) is 0 Å². The van der Waals surface area contributed by atoms with E-state index in [0.29, 0.717) is 11.1 Å². The lowest BCUT2D eigenvalue weighted by molar-refractivity contribution is -0.192. The molecule has 10 heteroatoms. The number of nitriles is 1. The molecule has 3 aromatic rings. The van der Waals surface area contributed by atoms with E-state index in [2.05, 4.69) is 11.4 Å². The maximum absolute atomic E-state index is 12.6. The molecular formula is C26H21F3N4O3. The SMILES string of the molecule is N#Cc1ccccc1-c1ccc(NC(=O)[C@@H]2C[C@@H]2c2cccc(C(=N)N)c2)cc1.O=C(O)C(F)(F)F. The van der Waals surface area contributed by atoms with Crippen molar-refractivity contribution in [1.82, 2.24) is 0 Å². The maximum Gasteiger partial charge on any atom is 0.490 e. The molecule has 4 rings (SSSR count). The summed E-state index contributed by atoms with van der Waals surface area (Å²) >= 11 is 0. The van der Waals surface area contributed by atoms with E-state index in [4.69, 9.17) is 21.0 Å². The number of benzene rings is 3. The van der Waals surface area contributed by atoms with Crippen LogP contribution < -0.4 is 11.1 Å². The Kier molecular flexibility index (Phi) is 7.74. The molecule has 7 nitrogen and oxygen atoms in total. The lowest BCUT2D eigenvalue weighted by Crippen LogP contribution is -2.21. The summed E-state index contributed by atoms with van der Waals surface area (Å²) in [7, 11) is 0. The molecule has 0 radical (unpaired) electrons. The molecule has 3 aromatic carbocycles. The number of anilines is 1. The molecule has 0 unspecified atom stereocenters. The molecule has 0 aliphatic heterocycles. The zero-order chi connectivity index (χ0) is 26.5. The molecule has 1 aliphatic carbocycles. The Labute approximate surface area is 204 Å². The number of hydrogen-bond acceptors (Lipinski definition) is 4. The first kappa shape index (κ1) is 26.0. The van der Waals surface area contributed by atoms with Crippen LogP contribution in [-0.2, 0) is 9.59 Å². The molecule has 184 valence electrons. The number of carbonyl (C=O) groups excluding carboxylic acids is 1. The lowest BCUT2D eigenvalue weighted by Gasteiger charge is -2.08. The normalized spacial score (nSPS) is 16.1. The number of carbonyl (C=O) groups is 2. The van der Waals surface area contributed by atoms with Gasteiger partial charge in [0.1, 0.15) is 5.84 Å². The molecule has 0 aromatic heterocycles. The molecule has 0 bridgehead atoms. The average molecular weight is 494 g/mol. The van der Waals surface area contributed by atoms with Gasteiger partial charge in [0.05, 0.1) is 11.6 Å². The number of amides is 1. The fraction of sp³-hybridized carbons (Fsp3) is 0.154. The Morgan fingerprint density at radius 2 is 1.69 bits per heavy atom. The third kappa shape index (κ3) is 6.48. The monoisotopic (exact) mass is 494 g/mol. The molecule has 1 fully saturated rings. The Morgan fingerprint density at radius 1 is 1.06 bits per heavy atom. The number of nitrogens with one attached hydrogen (secondary N) is 2. The molecule has 1 saturated carbocycles. The Bertz CT molecular complexity index is 1330. The van der Waals surface area contributed by atoms with E-state index in [0.717, 1.165) is 28.8 Å². The van der Waals surface area contributed by atoms with E-state index < -0.39 is 12.1 Å². The number of nitrogen functional groups attached to an aromatic ring is 1. The van der Waals surface area contributed by atoms with E-state index in [1.54, 1.807) is 12.1 Å². The highest BCUT2D eigenvalue weighted by molar-refractivity contribution is 5.96. The van der Waals surface area contributed by atoms with Crippen LogP contribution in [0.5, 0.6) is 0 Å². The number of carboxylic acid groups (broad SMARTS) is 1. The molecule has 1 amide bonds. The number of halogens is 3. The second kappa shape index (κ2) is 10.7. The number of carboxylic acids is 1. The molecule has 0 spiro atoms. The third-order valence-corrected chi connectivity index (χ3v) is 5.51. The standard InChI is InChI=1S/C24H20N4O.C2HF3O2/c25-14-18-4-1-2-7-20(18)15-8-10-19(11-9-15)28-24(29)22-13-21(22)16-5-3-6-17(12-16)23(26)27;3-2(4,5)1(6)7/h1-12,21-22H,13H2,(H3,26,27)(H,28,29);(H,6,7)/t21-,22-;/m1./s1. The zero-order valence-corrected chi connectivity index (χ0v) is 18.7. The predicted molar refractivity (Wildman–Crippen MR) is 127 cm³/mol. The van der Waals surface area contributed by atoms with Crippen molar-refractivity contribution in [2.75, 3.05) is 5.32 Å². The topological polar surface area (TPSA) is 140 Å². The van der Waals surface area contributed by atoms with Gasteiger partial charge >= 0.3 is 12.1 Å². The number of aliphatic carboxylic acids is 1. The highest BCUT2D eigenvalue weighted by atomic mass is 19.4. The van der Waals surface area contributed by atoms with Gasteiger partial charge in [0.25, 0.3) is 0 Å². The molecule has 5 N–H and O–H groups in total. The van der Waals surface area contributed by atoms with E-state index in [-0.39, 0.29) is 23.6 Å². The summed E-state index contributed by atoms with van der Waals surface area (Å²) in [6, 6.07) is 24.7. The van der Waals surface area contributed by atoms with Crippen LogP contribution in [0.25, 0.3) is 11.1 Å². The van der Waals surface area contributed by atoms with Crippen LogP contribution in [0.3, 0.4) is 0 Å². The molecule has 2 atom stereocenters. The highest BCUT2D eigenvalue weighted by Gasteiger charge is 2.44. The largest absolute Gasteiger partial charge is 0.490 e. The molecule has 0 heterocycles. The Morgan fingerprint density at radius 3 is 2.28 bits per heavy atom. The minimum atomic E-state index is -5.08. The quantitative estimate of drug-likeness (QED) is 0.295. The van der Waals surface area contributed by atoms with E-state index >= 15 is 0 Å². The van der Waals surface area contributed by atoms with E-state index in [1.807, 2.05) is 60.7 Å². The number of amidine groups is 1. The lowest BCUT2D eigenvalue weighted by atomic mass is 10.0. The Balaban J connectivity index is 0.000000454. The summed E-state index contributed by atoms with van der Waals surface area (Å²) < 4.78 is 31.7. The number of nitrogens with two attached hydrogens (primary N) is 1. The van der Waals surface area contributed by atoms with Gasteiger partial charge < -0.3 is 16.2 Å². The van der Waals surface area contributed by atoms with E-state index in [1.165, 1.54) is 0 Å². The summed E-state index contributed by atoms with van der Waals surface area (Å²) in [6.07, 6.45) is -4.29. The van der Waals surface area contributed by atoms with Crippen LogP contribution in [0.2, 0.25) is 0 Å². The van der Waals surface area contributed by atoms with Gasteiger partial charge in [-0.25, -0.2) is 4.79 Å². The minimum absolute atomic E-state index is 0.00611. The van der Waals surface area contributed by atoms with Crippen LogP contribution in [0.15, 0.2) is 72.8 Å². The van der Waals surface area contributed by atoms with Gasteiger partial charge in [-0.2, -0.15) is 18.4 Å². The smallest absolute Gasteiger partial charge is 0.475 e. The fourth-order valence-corrected chi connectivity index (χ4v) is 3.59. The van der Waals surface area contributed by atoms with Crippen LogP contribution >= 0.6 is 0 Å². The number of hydrogen-bond donors (Lipinski definition) is 4.